The molecular weight excluding hydrogens is 800 g/mol. The highest BCUT2D eigenvalue weighted by molar-refractivity contribution is 6.32. The zero-order chi connectivity index (χ0) is 42.5. The van der Waals surface area contributed by atoms with Gasteiger partial charge in [0.1, 0.15) is 50.5 Å². The Morgan fingerprint density at radius 3 is 2.05 bits per heavy atom. The second-order valence-corrected chi connectivity index (χ2v) is 15.8. The Balaban J connectivity index is 0.000000151. The van der Waals surface area contributed by atoms with Crippen molar-refractivity contribution in [1.82, 2.24) is 49.7 Å². The van der Waals surface area contributed by atoms with E-state index in [9.17, 15) is 9.59 Å². The third-order valence-corrected chi connectivity index (χ3v) is 11.8. The summed E-state index contributed by atoms with van der Waals surface area (Å²) < 4.78 is 0. The van der Waals surface area contributed by atoms with E-state index in [-0.39, 0.29) is 24.8 Å². The largest absolute Gasteiger partial charge is 0.382 e. The summed E-state index contributed by atoms with van der Waals surface area (Å²) in [6.07, 6.45) is 7.55. The van der Waals surface area contributed by atoms with Crippen molar-refractivity contribution >= 4 is 78.9 Å². The minimum atomic E-state index is -0.462. The number of carbonyl (C=O) groups is 2. The van der Waals surface area contributed by atoms with Crippen LogP contribution in [-0.2, 0) is 22.7 Å². The summed E-state index contributed by atoms with van der Waals surface area (Å²) in [5.74, 6) is 1.23. The smallest absolute Gasteiger partial charge is 0.237 e. The average molecular weight is 839 g/mol. The van der Waals surface area contributed by atoms with Crippen molar-refractivity contribution < 1.29 is 9.59 Å². The fourth-order valence-corrected chi connectivity index (χ4v) is 8.59. The number of hydrogen-bond acceptors (Lipinski definition) is 11. The topological polar surface area (TPSA) is 202 Å². The minimum absolute atomic E-state index is 0.0599. The highest BCUT2D eigenvalue weighted by Gasteiger charge is 2.39. The summed E-state index contributed by atoms with van der Waals surface area (Å²) in [5.41, 5.74) is 22.6. The predicted octanol–water partition coefficient (Wildman–Crippen LogP) is 8.32. The number of aromatic nitrogens is 8. The van der Waals surface area contributed by atoms with Gasteiger partial charge in [0, 0.05) is 59.2 Å². The van der Waals surface area contributed by atoms with E-state index in [1.807, 2.05) is 91.0 Å². The van der Waals surface area contributed by atoms with E-state index in [0.29, 0.717) is 45.7 Å². The molecule has 6 N–H and O–H groups in total. The van der Waals surface area contributed by atoms with E-state index >= 15 is 0 Å². The number of nitrogens with zero attached hydrogens (tertiary/aromatic N) is 8. The lowest BCUT2D eigenvalue weighted by molar-refractivity contribution is -0.139. The number of pyridine rings is 4. The van der Waals surface area contributed by atoms with Gasteiger partial charge in [0.15, 0.2) is 0 Å². The van der Waals surface area contributed by atoms with Gasteiger partial charge in [-0.1, -0.05) is 66.7 Å². The molecule has 0 saturated carbocycles. The highest BCUT2D eigenvalue weighted by atomic mass is 35.5. The van der Waals surface area contributed by atoms with E-state index in [2.05, 4.69) is 41.4 Å². The van der Waals surface area contributed by atoms with Crippen LogP contribution in [0.4, 0.5) is 11.6 Å². The molecule has 0 bridgehead atoms. The molecule has 1 atom stereocenters. The number of H-pyrrole nitrogens is 2. The first kappa shape index (κ1) is 38.5. The number of amides is 2. The van der Waals surface area contributed by atoms with Gasteiger partial charge in [-0.2, -0.15) is 0 Å². The lowest BCUT2D eigenvalue weighted by Gasteiger charge is -2.16. The Morgan fingerprint density at radius 1 is 0.742 bits per heavy atom. The van der Waals surface area contributed by atoms with Gasteiger partial charge in [-0.15, -0.1) is 0 Å². The van der Waals surface area contributed by atoms with Crippen LogP contribution in [0.5, 0.6) is 0 Å². The number of fused-ring (bicyclic) bond motifs is 6. The number of aromatic amines is 2. The van der Waals surface area contributed by atoms with Gasteiger partial charge in [0.2, 0.25) is 11.8 Å². The zero-order valence-corrected chi connectivity index (χ0v) is 34.1. The number of halogens is 1. The maximum atomic E-state index is 13.0. The van der Waals surface area contributed by atoms with Crippen molar-refractivity contribution in [2.75, 3.05) is 18.0 Å². The molecule has 1 unspecified atom stereocenters. The summed E-state index contributed by atoms with van der Waals surface area (Å²) in [6, 6.07) is 28.9. The normalized spacial score (nSPS) is 15.4. The number of nitrogens with one attached hydrogen (secondary N) is 2. The molecule has 15 heteroatoms. The van der Waals surface area contributed by atoms with E-state index in [4.69, 9.17) is 33.0 Å². The number of nitrogen functional groups attached to an aromatic ring is 2. The lowest BCUT2D eigenvalue weighted by atomic mass is 9.98. The standard InChI is InChI=1S/C26H20N6O2.C21H19ClN6/c27-25-24-23(18-9-8-16(11-20(18)29-25)17-7-4-10-28-13-17)30-21(31-24)14-32-22(33)12-19(26(32)34)15-5-2-1-3-6-15;1-12-4-3-9-28(12)11-17-26-18-15-7-6-13(14-5-2-8-24-20(14)22)10-16(15)25-21(23)19(18)27-17/h1-11,13,19H,12,14H2,(H2,27,29)(H,30,31);2,5-8,10H,1,3-4,9,11H2,(H2,23,25)(H,26,27). The first-order chi connectivity index (χ1) is 30.2. The molecule has 0 aliphatic carbocycles. The minimum Gasteiger partial charge on any atom is -0.382 e. The molecule has 2 aliphatic heterocycles. The Bertz CT molecular complexity index is 3220. The van der Waals surface area contributed by atoms with Crippen molar-refractivity contribution in [3.8, 4) is 22.3 Å². The number of anilines is 2. The highest BCUT2D eigenvalue weighted by Crippen LogP contribution is 2.35. The van der Waals surface area contributed by atoms with Crippen LogP contribution in [0, 0.1) is 0 Å². The quantitative estimate of drug-likeness (QED) is 0.0888. The SMILES string of the molecule is C=C1CCCN1Cc1nc2c([nH]1)c(N)nc1cc(-c3cccnc3Cl)ccc12.Nc1nc2cc(-c3cccnc3)ccc2c2nc(CN3C(=O)CC(c4ccccc4)C3=O)[nH]c12. The van der Waals surface area contributed by atoms with Crippen molar-refractivity contribution in [1.29, 1.82) is 0 Å². The fourth-order valence-electron chi connectivity index (χ4n) is 8.36. The number of carbonyl (C=O) groups excluding carboxylic acids is 2. The van der Waals surface area contributed by atoms with Gasteiger partial charge in [0.05, 0.1) is 30.0 Å². The molecule has 0 spiro atoms. The summed E-state index contributed by atoms with van der Waals surface area (Å²) in [4.78, 5) is 62.7. The molecule has 2 aliphatic rings. The van der Waals surface area contributed by atoms with Crippen LogP contribution in [0.15, 0.2) is 122 Å². The van der Waals surface area contributed by atoms with Crippen LogP contribution in [0.3, 0.4) is 0 Å². The average Bonchev–Trinajstić information content (AvgIpc) is 4.09. The number of rotatable bonds is 7. The molecule has 2 amide bonds. The Kier molecular flexibility index (Phi) is 9.76. The summed E-state index contributed by atoms with van der Waals surface area (Å²) in [5, 5.41) is 2.25. The van der Waals surface area contributed by atoms with Crippen LogP contribution in [0.2, 0.25) is 5.15 Å². The van der Waals surface area contributed by atoms with E-state index in [0.717, 1.165) is 86.0 Å². The van der Waals surface area contributed by atoms with Crippen LogP contribution in [-0.4, -0.2) is 68.0 Å². The van der Waals surface area contributed by atoms with Crippen LogP contribution < -0.4 is 11.5 Å². The van der Waals surface area contributed by atoms with E-state index in [1.165, 1.54) is 4.90 Å². The van der Waals surface area contributed by atoms with Crippen molar-refractivity contribution in [3.05, 3.63) is 144 Å². The van der Waals surface area contributed by atoms with Crippen molar-refractivity contribution in [2.45, 2.75) is 38.3 Å². The molecule has 3 aromatic carbocycles. The van der Waals surface area contributed by atoms with E-state index in [1.54, 1.807) is 18.6 Å². The monoisotopic (exact) mass is 838 g/mol. The molecule has 0 radical (unpaired) electrons. The fraction of sp³-hybridized carbons (Fsp3) is 0.149. The van der Waals surface area contributed by atoms with Gasteiger partial charge in [-0.3, -0.25) is 19.5 Å². The number of likely N-dealkylation sites (tertiary alicyclic amines) is 2. The maximum Gasteiger partial charge on any atom is 0.237 e. The maximum absolute atomic E-state index is 13.0. The Hall–Kier alpha value is -7.71. The van der Waals surface area contributed by atoms with Crippen LogP contribution >= 0.6 is 11.6 Å². The first-order valence-corrected chi connectivity index (χ1v) is 20.5. The Labute approximate surface area is 359 Å². The molecule has 6 aromatic heterocycles. The second-order valence-electron chi connectivity index (χ2n) is 15.4. The van der Waals surface area contributed by atoms with Gasteiger partial charge >= 0.3 is 0 Å². The third kappa shape index (κ3) is 7.09. The molecular formula is C47H39ClN12O2. The molecule has 9 aromatic rings. The molecule has 8 heterocycles. The lowest BCUT2D eigenvalue weighted by Crippen LogP contribution is -2.30. The number of imide groups is 1. The van der Waals surface area contributed by atoms with Crippen LogP contribution in [0.25, 0.3) is 66.1 Å². The number of hydrogen-bond donors (Lipinski definition) is 4. The zero-order valence-electron chi connectivity index (χ0n) is 33.3. The molecule has 2 saturated heterocycles. The Morgan fingerprint density at radius 2 is 1.40 bits per heavy atom. The molecule has 14 nitrogen and oxygen atoms in total. The van der Waals surface area contributed by atoms with E-state index < -0.39 is 5.92 Å². The van der Waals surface area contributed by atoms with Gasteiger partial charge < -0.3 is 26.3 Å². The second kappa shape index (κ2) is 15.7. The predicted molar refractivity (Wildman–Crippen MR) is 241 cm³/mol. The number of benzene rings is 3. The summed E-state index contributed by atoms with van der Waals surface area (Å²) >= 11 is 6.25. The first-order valence-electron chi connectivity index (χ1n) is 20.2. The van der Waals surface area contributed by atoms with Crippen molar-refractivity contribution in [2.24, 2.45) is 0 Å². The molecule has 62 heavy (non-hydrogen) atoms. The van der Waals surface area contributed by atoms with Crippen molar-refractivity contribution in [3.63, 3.8) is 0 Å². The molecule has 306 valence electrons. The number of nitrogens with two attached hydrogens (primary N) is 2. The molecule has 2 fully saturated rings. The van der Waals surface area contributed by atoms with Gasteiger partial charge in [-0.05, 0) is 72.0 Å². The number of imidazole rings is 2. The summed E-state index contributed by atoms with van der Waals surface area (Å²) in [6.45, 7) is 5.91. The van der Waals surface area contributed by atoms with Gasteiger partial charge in [0.25, 0.3) is 0 Å². The number of allylic oxidation sites excluding steroid dienone is 1. The molecule has 11 rings (SSSR count). The van der Waals surface area contributed by atoms with Crippen LogP contribution in [0.1, 0.15) is 42.4 Å². The third-order valence-electron chi connectivity index (χ3n) is 11.5. The van der Waals surface area contributed by atoms with Gasteiger partial charge in [-0.25, -0.2) is 24.9 Å². The summed E-state index contributed by atoms with van der Waals surface area (Å²) in [7, 11) is 0.